The zero-order valence-electron chi connectivity index (χ0n) is 25.8. The molecule has 0 atom stereocenters. The van der Waals surface area contributed by atoms with E-state index in [0.717, 1.165) is 10.0 Å². The van der Waals surface area contributed by atoms with Crippen molar-refractivity contribution in [1.29, 1.82) is 0 Å². The maximum atomic E-state index is 12.7. The van der Waals surface area contributed by atoms with E-state index in [4.69, 9.17) is 0 Å². The molecule has 0 aromatic heterocycles. The molecule has 4 heteroatoms. The van der Waals surface area contributed by atoms with Gasteiger partial charge in [-0.05, 0) is 36.4 Å². The molecule has 0 N–H and O–H groups in total. The standard InChI is InChI=1S/C20H16BrOS.C18H32B/c21-17-13-11-16(12-14-17)20(22)15-23(18-7-3-1-4-8-18)19-9-5-2-6-10-19;1-4-7-15-19(16-8-5-2,17-9-6-3)18-13-11-10-12-14-18/h1-14H,15H2;10-14H,4-9,15-17H2,1-3H3/q+1;-1. The molecule has 0 aliphatic heterocycles. The second-order valence-corrected chi connectivity index (χ2v) is 14.3. The van der Waals surface area contributed by atoms with Crippen molar-refractivity contribution in [2.24, 2.45) is 0 Å². The van der Waals surface area contributed by atoms with E-state index in [0.29, 0.717) is 5.75 Å². The fourth-order valence-corrected chi connectivity index (χ4v) is 8.17. The fraction of sp³-hybridized carbons (Fsp3) is 0.342. The zero-order chi connectivity index (χ0) is 30.0. The summed E-state index contributed by atoms with van der Waals surface area (Å²) < 4.78 is 0.985. The lowest BCUT2D eigenvalue weighted by Gasteiger charge is -2.41. The minimum atomic E-state index is -0.309. The average molecular weight is 644 g/mol. The fourth-order valence-electron chi connectivity index (χ4n) is 5.90. The Morgan fingerprint density at radius 2 is 1.00 bits per heavy atom. The molecule has 4 aromatic carbocycles. The Bertz CT molecular complexity index is 1220. The molecule has 1 nitrogen and oxygen atoms in total. The number of unbranched alkanes of at least 4 members (excludes halogenated alkanes) is 3. The normalized spacial score (nSPS) is 11.2. The Kier molecular flexibility index (Phi) is 15.3. The molecule has 222 valence electrons. The Morgan fingerprint density at radius 1 is 0.595 bits per heavy atom. The molecule has 0 fully saturated rings. The summed E-state index contributed by atoms with van der Waals surface area (Å²) in [6, 6.07) is 39.5. The monoisotopic (exact) mass is 642 g/mol. The molecule has 4 aromatic rings. The maximum absolute atomic E-state index is 12.7. The topological polar surface area (TPSA) is 17.1 Å². The van der Waals surface area contributed by atoms with Gasteiger partial charge in [-0.15, -0.1) is 0 Å². The Hall–Kier alpha value is -2.56. The van der Waals surface area contributed by atoms with Gasteiger partial charge in [0.15, 0.2) is 15.5 Å². The Morgan fingerprint density at radius 3 is 1.40 bits per heavy atom. The lowest BCUT2D eigenvalue weighted by Crippen LogP contribution is -2.47. The van der Waals surface area contributed by atoms with Gasteiger partial charge in [-0.3, -0.25) is 4.79 Å². The summed E-state index contributed by atoms with van der Waals surface area (Å²) in [5, 5.41) is 0. The van der Waals surface area contributed by atoms with E-state index in [1.807, 2.05) is 60.7 Å². The van der Waals surface area contributed by atoms with Crippen LogP contribution in [0.15, 0.2) is 130 Å². The van der Waals surface area contributed by atoms with Crippen LogP contribution in [0.4, 0.5) is 0 Å². The van der Waals surface area contributed by atoms with Crippen molar-refractivity contribution in [3.8, 4) is 0 Å². The third-order valence-corrected chi connectivity index (χ3v) is 11.1. The molecular weight excluding hydrogens is 595 g/mol. The molecule has 42 heavy (non-hydrogen) atoms. The van der Waals surface area contributed by atoms with Crippen molar-refractivity contribution in [3.63, 3.8) is 0 Å². The number of ketones is 1. The van der Waals surface area contributed by atoms with Gasteiger partial charge in [0.25, 0.3) is 0 Å². The number of rotatable bonds is 15. The van der Waals surface area contributed by atoms with E-state index >= 15 is 0 Å². The number of carbonyl (C=O) groups is 1. The van der Waals surface area contributed by atoms with E-state index < -0.39 is 0 Å². The first kappa shape index (κ1) is 33.9. The van der Waals surface area contributed by atoms with Crippen LogP contribution in [-0.4, -0.2) is 17.7 Å². The van der Waals surface area contributed by atoms with Crippen LogP contribution in [0.1, 0.15) is 69.7 Å². The third-order valence-electron chi connectivity index (χ3n) is 8.33. The molecule has 0 saturated heterocycles. The minimum absolute atomic E-state index is 0.175. The van der Waals surface area contributed by atoms with Gasteiger partial charge < -0.3 is 0 Å². The Labute approximate surface area is 266 Å². The molecule has 0 spiro atoms. The molecule has 0 unspecified atom stereocenters. The highest BCUT2D eigenvalue weighted by Gasteiger charge is 2.29. The summed E-state index contributed by atoms with van der Waals surface area (Å²) in [4.78, 5) is 15.1. The van der Waals surface area contributed by atoms with Crippen molar-refractivity contribution in [2.75, 3.05) is 5.75 Å². The Balaban J connectivity index is 0.000000236. The van der Waals surface area contributed by atoms with Crippen LogP contribution in [0, 0.1) is 0 Å². The van der Waals surface area contributed by atoms with Gasteiger partial charge in [0.2, 0.25) is 5.78 Å². The first-order valence-electron chi connectivity index (χ1n) is 15.9. The van der Waals surface area contributed by atoms with Crippen LogP contribution < -0.4 is 5.46 Å². The summed E-state index contributed by atoms with van der Waals surface area (Å²) in [5.41, 5.74) is 2.41. The average Bonchev–Trinajstić information content (AvgIpc) is 3.05. The molecule has 0 heterocycles. The van der Waals surface area contributed by atoms with Gasteiger partial charge in [0, 0.05) is 16.2 Å². The summed E-state index contributed by atoms with van der Waals surface area (Å²) in [7, 11) is -0.248. The van der Waals surface area contributed by atoms with E-state index in [-0.39, 0.29) is 22.8 Å². The van der Waals surface area contributed by atoms with Gasteiger partial charge in [0.1, 0.15) is 0 Å². The molecule has 4 rings (SSSR count). The highest BCUT2D eigenvalue weighted by molar-refractivity contribution is 9.10. The summed E-state index contributed by atoms with van der Waals surface area (Å²) >= 11 is 3.41. The van der Waals surface area contributed by atoms with Gasteiger partial charge >= 0.3 is 0 Å². The van der Waals surface area contributed by atoms with Crippen molar-refractivity contribution in [2.45, 2.75) is 88.0 Å². The number of benzene rings is 4. The lowest BCUT2D eigenvalue weighted by molar-refractivity contribution is 0.102. The minimum Gasteiger partial charge on any atom is -0.289 e. The smallest absolute Gasteiger partial charge is 0.212 e. The van der Waals surface area contributed by atoms with E-state index in [1.165, 1.54) is 67.3 Å². The predicted octanol–water partition coefficient (Wildman–Crippen LogP) is 11.1. The number of halogens is 1. The van der Waals surface area contributed by atoms with E-state index in [1.54, 1.807) is 5.46 Å². The van der Waals surface area contributed by atoms with Crippen LogP contribution in [0.2, 0.25) is 19.0 Å². The van der Waals surface area contributed by atoms with Gasteiger partial charge in [-0.1, -0.05) is 154 Å². The van der Waals surface area contributed by atoms with Crippen LogP contribution in [-0.2, 0) is 10.9 Å². The van der Waals surface area contributed by atoms with Gasteiger partial charge in [-0.2, -0.15) is 19.0 Å². The van der Waals surface area contributed by atoms with E-state index in [9.17, 15) is 4.79 Å². The molecule has 0 aliphatic carbocycles. The second kappa shape index (κ2) is 18.9. The van der Waals surface area contributed by atoms with Crippen LogP contribution in [0.3, 0.4) is 0 Å². The van der Waals surface area contributed by atoms with Crippen molar-refractivity contribution in [1.82, 2.24) is 0 Å². The molecule has 0 radical (unpaired) electrons. The van der Waals surface area contributed by atoms with Crippen molar-refractivity contribution >= 4 is 44.2 Å². The summed E-state index contributed by atoms with van der Waals surface area (Å²) in [5.74, 6) is 0.670. The number of carbonyl (C=O) groups excluding carboxylic acids is 1. The van der Waals surface area contributed by atoms with Crippen LogP contribution in [0.25, 0.3) is 0 Å². The molecule has 0 aliphatic rings. The first-order chi connectivity index (χ1) is 20.5. The van der Waals surface area contributed by atoms with E-state index in [2.05, 4.69) is 91.3 Å². The largest absolute Gasteiger partial charge is 0.289 e. The lowest BCUT2D eigenvalue weighted by atomic mass is 9.16. The van der Waals surface area contributed by atoms with Crippen LogP contribution in [0.5, 0.6) is 0 Å². The molecule has 0 amide bonds. The molecule has 0 saturated carbocycles. The number of Topliss-reactive ketones (excluding diaryl/α,β-unsaturated/α-hetero) is 1. The van der Waals surface area contributed by atoms with Gasteiger partial charge in [-0.25, -0.2) is 5.46 Å². The zero-order valence-corrected chi connectivity index (χ0v) is 28.2. The predicted molar refractivity (Wildman–Crippen MR) is 191 cm³/mol. The third kappa shape index (κ3) is 10.6. The van der Waals surface area contributed by atoms with Crippen molar-refractivity contribution < 1.29 is 4.79 Å². The highest BCUT2D eigenvalue weighted by atomic mass is 79.9. The maximum Gasteiger partial charge on any atom is 0.212 e. The highest BCUT2D eigenvalue weighted by Crippen LogP contribution is 2.28. The second-order valence-electron chi connectivity index (χ2n) is 11.4. The number of hydrogen-bond donors (Lipinski definition) is 0. The van der Waals surface area contributed by atoms with Crippen LogP contribution >= 0.6 is 15.9 Å². The molecule has 0 bridgehead atoms. The van der Waals surface area contributed by atoms with Gasteiger partial charge in [0.05, 0.1) is 10.9 Å². The number of hydrogen-bond acceptors (Lipinski definition) is 1. The summed E-state index contributed by atoms with van der Waals surface area (Å²) in [6.07, 6.45) is 12.1. The van der Waals surface area contributed by atoms with Crippen molar-refractivity contribution in [3.05, 3.63) is 125 Å². The summed E-state index contributed by atoms with van der Waals surface area (Å²) in [6.45, 7) is 6.97. The molecular formula is C38H48BBrOS. The quantitative estimate of drug-likeness (QED) is 0.0716. The first-order valence-corrected chi connectivity index (χ1v) is 18.1. The SMILES string of the molecule is CCCC[B-](CCCC)(CCCC)c1ccccc1.O=C(C[S+](c1ccccc1)c1ccccc1)c1ccc(Br)cc1.